The number of halogens is 3. The van der Waals surface area contributed by atoms with E-state index in [0.717, 1.165) is 23.2 Å². The van der Waals surface area contributed by atoms with Crippen molar-refractivity contribution in [1.29, 1.82) is 0 Å². The molecule has 0 heterocycles. The number of ether oxygens (including phenoxy) is 2. The molecule has 0 fully saturated rings. The van der Waals surface area contributed by atoms with E-state index in [-0.39, 0.29) is 19.6 Å². The molecule has 6 heteroatoms. The molecule has 0 aliphatic carbocycles. The van der Waals surface area contributed by atoms with E-state index < -0.39 is 11.8 Å². The van der Waals surface area contributed by atoms with Crippen LogP contribution >= 0.6 is 0 Å². The van der Waals surface area contributed by atoms with Gasteiger partial charge in [-0.05, 0) is 13.3 Å². The Morgan fingerprint density at radius 1 is 1.20 bits per heavy atom. The third kappa shape index (κ3) is 4.99. The van der Waals surface area contributed by atoms with Crippen LogP contribution < -0.4 is 0 Å². The van der Waals surface area contributed by atoms with Crippen LogP contribution in [0.25, 0.3) is 0 Å². The highest BCUT2D eigenvalue weighted by atomic mass is 28.1. The molecule has 0 radical (unpaired) electrons. The van der Waals surface area contributed by atoms with Gasteiger partial charge in [0.05, 0.1) is 13.2 Å². The van der Waals surface area contributed by atoms with Gasteiger partial charge in [-0.3, -0.25) is 0 Å². The lowest BCUT2D eigenvalue weighted by Crippen LogP contribution is -2.45. The van der Waals surface area contributed by atoms with Gasteiger partial charge in [-0.15, -0.1) is 0 Å². The van der Waals surface area contributed by atoms with Crippen LogP contribution in [-0.2, 0) is 9.47 Å². The van der Waals surface area contributed by atoms with E-state index in [4.69, 9.17) is 4.74 Å². The van der Waals surface area contributed by atoms with Crippen molar-refractivity contribution in [2.24, 2.45) is 0 Å². The van der Waals surface area contributed by atoms with Crippen LogP contribution in [0.15, 0.2) is 0 Å². The van der Waals surface area contributed by atoms with Gasteiger partial charge in [0.2, 0.25) is 0 Å². The second kappa shape index (κ2) is 6.50. The topological polar surface area (TPSA) is 18.5 Å². The first-order valence-corrected chi connectivity index (χ1v) is 6.48. The van der Waals surface area contributed by atoms with Crippen molar-refractivity contribution >= 4 is 10.2 Å². The average molecular weight is 244 g/mol. The van der Waals surface area contributed by atoms with E-state index in [0.29, 0.717) is 6.42 Å². The lowest BCUT2D eigenvalue weighted by atomic mass is 10.00. The fraction of sp³-hybridized carbons (Fsp3) is 1.00. The number of hydrogen-bond donors (Lipinski definition) is 0. The molecule has 0 amide bonds. The lowest BCUT2D eigenvalue weighted by Gasteiger charge is -2.32. The van der Waals surface area contributed by atoms with Crippen LogP contribution in [0.3, 0.4) is 0 Å². The van der Waals surface area contributed by atoms with Crippen LogP contribution in [0.1, 0.15) is 19.8 Å². The molecule has 0 bridgehead atoms. The van der Waals surface area contributed by atoms with E-state index >= 15 is 0 Å². The van der Waals surface area contributed by atoms with Crippen molar-refractivity contribution in [2.45, 2.75) is 37.6 Å². The van der Waals surface area contributed by atoms with E-state index in [1.165, 1.54) is 7.11 Å². The lowest BCUT2D eigenvalue weighted by molar-refractivity contribution is -0.275. The third-order valence-corrected chi connectivity index (χ3v) is 3.02. The summed E-state index contributed by atoms with van der Waals surface area (Å²) in [5.41, 5.74) is -2.02. The molecule has 1 unspecified atom stereocenters. The van der Waals surface area contributed by atoms with Gasteiger partial charge in [-0.2, -0.15) is 13.2 Å². The predicted molar refractivity (Wildman–Crippen MR) is 56.3 cm³/mol. The first-order valence-electron chi connectivity index (χ1n) is 5.07. The highest BCUT2D eigenvalue weighted by Crippen LogP contribution is 2.37. The molecule has 0 aliphatic heterocycles. The summed E-state index contributed by atoms with van der Waals surface area (Å²) in [6.07, 6.45) is -3.71. The fourth-order valence-electron chi connectivity index (χ4n) is 1.16. The molecule has 2 nitrogen and oxygen atoms in total. The Balaban J connectivity index is 4.28. The van der Waals surface area contributed by atoms with Gasteiger partial charge in [-0.25, -0.2) is 0 Å². The van der Waals surface area contributed by atoms with Crippen LogP contribution in [0.4, 0.5) is 13.2 Å². The number of alkyl halides is 3. The van der Waals surface area contributed by atoms with Gasteiger partial charge in [0.15, 0.2) is 5.60 Å². The molecular weight excluding hydrogens is 225 g/mol. The predicted octanol–water partition coefficient (Wildman–Crippen LogP) is 1.53. The summed E-state index contributed by atoms with van der Waals surface area (Å²) in [6.45, 7) is 1.28. The molecule has 0 rings (SSSR count). The van der Waals surface area contributed by atoms with E-state index in [1.54, 1.807) is 0 Å². The highest BCUT2D eigenvalue weighted by molar-refractivity contribution is 6.08. The Hall–Kier alpha value is -0.0731. The summed E-state index contributed by atoms with van der Waals surface area (Å²) < 4.78 is 47.7. The molecule has 0 saturated carbocycles. The van der Waals surface area contributed by atoms with Gasteiger partial charge in [0.25, 0.3) is 0 Å². The van der Waals surface area contributed by atoms with Crippen LogP contribution in [-0.4, -0.2) is 42.3 Å². The second-order valence-electron chi connectivity index (χ2n) is 3.67. The van der Waals surface area contributed by atoms with E-state index in [9.17, 15) is 13.2 Å². The van der Waals surface area contributed by atoms with Gasteiger partial charge in [-0.1, -0.05) is 12.5 Å². The molecular formula is C9H19F3O2Si. The quantitative estimate of drug-likeness (QED) is 0.499. The van der Waals surface area contributed by atoms with Crippen molar-refractivity contribution < 1.29 is 22.6 Å². The molecule has 0 aromatic heterocycles. The van der Waals surface area contributed by atoms with Crippen LogP contribution in [0.2, 0.25) is 6.04 Å². The standard InChI is InChI=1S/C9H19F3O2Si/c1-8(4-3-7-15,9(10,11)12)14-6-5-13-2/h3-7H2,1-2,15H3. The molecule has 0 N–H and O–H groups in total. The molecule has 1 atom stereocenters. The molecule has 15 heavy (non-hydrogen) atoms. The third-order valence-electron chi connectivity index (χ3n) is 2.32. The van der Waals surface area contributed by atoms with Gasteiger partial charge in [0, 0.05) is 17.4 Å². The first-order chi connectivity index (χ1) is 6.87. The van der Waals surface area contributed by atoms with E-state index in [1.807, 2.05) is 0 Å². The minimum Gasteiger partial charge on any atom is -0.382 e. The summed E-state index contributed by atoms with van der Waals surface area (Å²) in [7, 11) is 2.36. The summed E-state index contributed by atoms with van der Waals surface area (Å²) in [6, 6.07) is 0.860. The van der Waals surface area contributed by atoms with Crippen molar-refractivity contribution in [3.05, 3.63) is 0 Å². The maximum Gasteiger partial charge on any atom is 0.417 e. The Bertz CT molecular complexity index is 175. The zero-order valence-electron chi connectivity index (χ0n) is 9.49. The number of hydrogen-bond acceptors (Lipinski definition) is 2. The minimum atomic E-state index is -4.31. The maximum atomic E-state index is 12.7. The van der Waals surface area contributed by atoms with Crippen molar-refractivity contribution in [3.8, 4) is 0 Å². The molecule has 0 aliphatic rings. The molecule has 0 aromatic carbocycles. The van der Waals surface area contributed by atoms with Gasteiger partial charge in [0.1, 0.15) is 0 Å². The highest BCUT2D eigenvalue weighted by Gasteiger charge is 2.51. The Labute approximate surface area is 91.6 Å². The zero-order chi connectivity index (χ0) is 11.9. The number of methoxy groups -OCH3 is 1. The summed E-state index contributed by atoms with van der Waals surface area (Å²) in [5.74, 6) is 0. The monoisotopic (exact) mass is 244 g/mol. The normalized spacial score (nSPS) is 16.6. The van der Waals surface area contributed by atoms with Gasteiger partial charge < -0.3 is 9.47 Å². The maximum absolute atomic E-state index is 12.7. The fourth-order valence-corrected chi connectivity index (χ4v) is 1.51. The summed E-state index contributed by atoms with van der Waals surface area (Å²) in [5, 5.41) is 0. The molecule has 0 spiro atoms. The Morgan fingerprint density at radius 2 is 1.80 bits per heavy atom. The van der Waals surface area contributed by atoms with Crippen LogP contribution in [0.5, 0.6) is 0 Å². The first kappa shape index (κ1) is 14.9. The zero-order valence-corrected chi connectivity index (χ0v) is 11.5. The van der Waals surface area contributed by atoms with E-state index in [2.05, 4.69) is 4.74 Å². The SMILES string of the molecule is COCCOC(C)(CCC[SiH3])C(F)(F)F. The smallest absolute Gasteiger partial charge is 0.382 e. The van der Waals surface area contributed by atoms with Crippen molar-refractivity contribution in [1.82, 2.24) is 0 Å². The molecule has 92 valence electrons. The minimum absolute atomic E-state index is 0.0202. The number of rotatable bonds is 7. The summed E-state index contributed by atoms with van der Waals surface area (Å²) in [4.78, 5) is 0. The summed E-state index contributed by atoms with van der Waals surface area (Å²) >= 11 is 0. The second-order valence-corrected chi connectivity index (χ2v) is 4.67. The average Bonchev–Trinajstić information content (AvgIpc) is 2.13. The van der Waals surface area contributed by atoms with Gasteiger partial charge >= 0.3 is 6.18 Å². The van der Waals surface area contributed by atoms with Crippen molar-refractivity contribution in [3.63, 3.8) is 0 Å². The largest absolute Gasteiger partial charge is 0.417 e. The molecule has 0 saturated heterocycles. The Morgan fingerprint density at radius 3 is 2.20 bits per heavy atom. The Kier molecular flexibility index (Phi) is 6.46. The van der Waals surface area contributed by atoms with Crippen molar-refractivity contribution in [2.75, 3.05) is 20.3 Å². The van der Waals surface area contributed by atoms with Crippen LogP contribution in [0, 0.1) is 0 Å². The molecule has 0 aromatic rings.